The fourth-order valence-electron chi connectivity index (χ4n) is 2.33. The molecule has 0 bridgehead atoms. The summed E-state index contributed by atoms with van der Waals surface area (Å²) in [5, 5.41) is 0. The van der Waals surface area contributed by atoms with E-state index in [1.165, 1.54) is 12.1 Å². The molecule has 1 rings (SSSR count). The first-order valence-corrected chi connectivity index (χ1v) is 12.0. The smallest absolute Gasteiger partial charge is 0.494 e. The monoisotopic (exact) mass is 430 g/mol. The van der Waals surface area contributed by atoms with Crippen molar-refractivity contribution < 1.29 is 39.6 Å². The summed E-state index contributed by atoms with van der Waals surface area (Å²) in [4.78, 5) is -0.821. The largest absolute Gasteiger partial charge is 0.501 e. The number of hydrogen-bond donors (Lipinski definition) is 0. The number of benzene rings is 1. The van der Waals surface area contributed by atoms with E-state index >= 15 is 0 Å². The fraction of sp³-hybridized carbons (Fsp3) is 0.625. The number of sulfone groups is 1. The van der Waals surface area contributed by atoms with Gasteiger partial charge in [0, 0.05) is 25.9 Å². The second-order valence-electron chi connectivity index (χ2n) is 5.35. The maximum absolute atomic E-state index is 12.5. The van der Waals surface area contributed by atoms with E-state index in [0.717, 1.165) is 12.1 Å². The zero-order valence-electron chi connectivity index (χ0n) is 15.5. The minimum absolute atomic E-state index is 0.257. The van der Waals surface area contributed by atoms with Crippen LogP contribution in [0.5, 0.6) is 5.75 Å². The Labute approximate surface area is 158 Å². The molecule has 1 aromatic carbocycles. The van der Waals surface area contributed by atoms with E-state index in [1.807, 2.05) is 20.8 Å². The van der Waals surface area contributed by atoms with Crippen molar-refractivity contribution in [3.05, 3.63) is 24.3 Å². The molecule has 0 aliphatic carbocycles. The van der Waals surface area contributed by atoms with Gasteiger partial charge < -0.3 is 18.0 Å². The highest BCUT2D eigenvalue weighted by molar-refractivity contribution is 7.92. The third kappa shape index (κ3) is 6.75. The molecule has 0 fully saturated rings. The molecule has 0 saturated heterocycles. The predicted molar refractivity (Wildman–Crippen MR) is 95.2 cm³/mol. The standard InChI is InChI=1S/C16H25F3O6SSi/c1-4-23-27(24-5-2,25-6-3)13-7-12-22-14-8-10-15(11-9-14)26(20,21)16(17,18)19/h8-11H,4-7,12-13H2,1-3H3. The fourth-order valence-corrected chi connectivity index (χ4v) is 5.67. The molecule has 0 radical (unpaired) electrons. The summed E-state index contributed by atoms with van der Waals surface area (Å²) >= 11 is 0. The molecule has 0 atom stereocenters. The highest BCUT2D eigenvalue weighted by Gasteiger charge is 2.46. The van der Waals surface area contributed by atoms with Crippen molar-refractivity contribution in [2.24, 2.45) is 0 Å². The van der Waals surface area contributed by atoms with Gasteiger partial charge in [0.05, 0.1) is 11.5 Å². The molecule has 27 heavy (non-hydrogen) atoms. The maximum atomic E-state index is 12.5. The van der Waals surface area contributed by atoms with Crippen molar-refractivity contribution in [3.8, 4) is 5.75 Å². The van der Waals surface area contributed by atoms with E-state index < -0.39 is 29.0 Å². The van der Waals surface area contributed by atoms with Crippen LogP contribution < -0.4 is 4.74 Å². The van der Waals surface area contributed by atoms with Gasteiger partial charge in [-0.15, -0.1) is 0 Å². The third-order valence-electron chi connectivity index (χ3n) is 3.43. The summed E-state index contributed by atoms with van der Waals surface area (Å²) in [5.74, 6) is 0.271. The second-order valence-corrected chi connectivity index (χ2v) is 10.0. The number of ether oxygens (including phenoxy) is 1. The summed E-state index contributed by atoms with van der Waals surface area (Å²) in [5.41, 5.74) is -5.33. The summed E-state index contributed by atoms with van der Waals surface area (Å²) in [7, 11) is -8.13. The van der Waals surface area contributed by atoms with Crippen LogP contribution in [0, 0.1) is 0 Å². The van der Waals surface area contributed by atoms with Crippen LogP contribution in [0.2, 0.25) is 6.04 Å². The Hall–Kier alpha value is -1.14. The highest BCUT2D eigenvalue weighted by atomic mass is 32.2. The SMILES string of the molecule is CCO[Si](CCCOc1ccc(S(=O)(=O)C(F)(F)F)cc1)(OCC)OCC. The van der Waals surface area contributed by atoms with Gasteiger partial charge in [-0.2, -0.15) is 13.2 Å². The van der Waals surface area contributed by atoms with Crippen molar-refractivity contribution in [2.75, 3.05) is 26.4 Å². The van der Waals surface area contributed by atoms with Gasteiger partial charge >= 0.3 is 14.3 Å². The number of halogens is 3. The molecule has 0 amide bonds. The van der Waals surface area contributed by atoms with E-state index in [-0.39, 0.29) is 12.4 Å². The lowest BCUT2D eigenvalue weighted by molar-refractivity contribution is -0.0436. The van der Waals surface area contributed by atoms with Crippen LogP contribution in [0.25, 0.3) is 0 Å². The highest BCUT2D eigenvalue weighted by Crippen LogP contribution is 2.31. The molecule has 0 N–H and O–H groups in total. The molecule has 11 heteroatoms. The normalized spacial score (nSPS) is 13.0. The van der Waals surface area contributed by atoms with Crippen LogP contribution in [-0.4, -0.2) is 49.2 Å². The van der Waals surface area contributed by atoms with E-state index in [1.54, 1.807) is 0 Å². The molecular weight excluding hydrogens is 405 g/mol. The van der Waals surface area contributed by atoms with Crippen LogP contribution in [0.1, 0.15) is 27.2 Å². The Bertz CT molecular complexity index is 647. The summed E-state index contributed by atoms with van der Waals surface area (Å²) in [6.07, 6.45) is 0.550. The first-order valence-electron chi connectivity index (χ1n) is 8.58. The van der Waals surface area contributed by atoms with Crippen LogP contribution in [0.3, 0.4) is 0 Å². The van der Waals surface area contributed by atoms with Gasteiger partial charge in [0.25, 0.3) is 9.84 Å². The Morgan fingerprint density at radius 2 is 1.41 bits per heavy atom. The van der Waals surface area contributed by atoms with E-state index in [9.17, 15) is 21.6 Å². The molecular formula is C16H25F3O6SSi. The molecule has 0 aliphatic rings. The van der Waals surface area contributed by atoms with Crippen LogP contribution in [0.4, 0.5) is 13.2 Å². The minimum atomic E-state index is -5.36. The molecule has 6 nitrogen and oxygen atoms in total. The van der Waals surface area contributed by atoms with Crippen molar-refractivity contribution in [1.29, 1.82) is 0 Å². The molecule has 1 aromatic rings. The predicted octanol–water partition coefficient (Wildman–Crippen LogP) is 3.80. The van der Waals surface area contributed by atoms with Crippen LogP contribution in [0.15, 0.2) is 29.2 Å². The Morgan fingerprint density at radius 3 is 1.81 bits per heavy atom. The van der Waals surface area contributed by atoms with Gasteiger partial charge in [-0.3, -0.25) is 0 Å². The van der Waals surface area contributed by atoms with Gasteiger partial charge in [-0.25, -0.2) is 8.42 Å². The molecule has 0 saturated carbocycles. The van der Waals surface area contributed by atoms with Crippen molar-refractivity contribution >= 4 is 18.6 Å². The molecule has 0 spiro atoms. The molecule has 156 valence electrons. The van der Waals surface area contributed by atoms with Gasteiger partial charge in [-0.05, 0) is 51.5 Å². The van der Waals surface area contributed by atoms with Gasteiger partial charge in [0.15, 0.2) is 0 Å². The third-order valence-corrected chi connectivity index (χ3v) is 8.08. The van der Waals surface area contributed by atoms with Gasteiger partial charge in [0.2, 0.25) is 0 Å². The number of hydrogen-bond acceptors (Lipinski definition) is 6. The zero-order chi connectivity index (χ0) is 20.6. The lowest BCUT2D eigenvalue weighted by Gasteiger charge is -2.28. The molecule has 0 heterocycles. The topological polar surface area (TPSA) is 71.1 Å². The Kier molecular flexibility index (Phi) is 9.22. The van der Waals surface area contributed by atoms with Gasteiger partial charge in [0.1, 0.15) is 5.75 Å². The average molecular weight is 431 g/mol. The van der Waals surface area contributed by atoms with Crippen LogP contribution in [-0.2, 0) is 23.1 Å². The van der Waals surface area contributed by atoms with Crippen molar-refractivity contribution in [3.63, 3.8) is 0 Å². The average Bonchev–Trinajstić information content (AvgIpc) is 2.59. The second kappa shape index (κ2) is 10.4. The molecule has 0 aliphatic heterocycles. The Morgan fingerprint density at radius 1 is 0.926 bits per heavy atom. The first-order chi connectivity index (χ1) is 12.6. The van der Waals surface area contributed by atoms with Crippen molar-refractivity contribution in [1.82, 2.24) is 0 Å². The minimum Gasteiger partial charge on any atom is -0.494 e. The molecule has 0 unspecified atom stereocenters. The van der Waals surface area contributed by atoms with E-state index in [4.69, 9.17) is 18.0 Å². The zero-order valence-corrected chi connectivity index (χ0v) is 17.4. The quantitative estimate of drug-likeness (QED) is 0.371. The van der Waals surface area contributed by atoms with Crippen LogP contribution >= 0.6 is 0 Å². The molecule has 0 aromatic heterocycles. The summed E-state index contributed by atoms with van der Waals surface area (Å²) < 4.78 is 82.8. The summed E-state index contributed by atoms with van der Waals surface area (Å²) in [6.45, 7) is 7.20. The van der Waals surface area contributed by atoms with E-state index in [2.05, 4.69) is 0 Å². The lowest BCUT2D eigenvalue weighted by Crippen LogP contribution is -2.46. The number of rotatable bonds is 12. The first kappa shape index (κ1) is 23.9. The van der Waals surface area contributed by atoms with E-state index in [0.29, 0.717) is 32.3 Å². The Balaban J connectivity index is 2.64. The van der Waals surface area contributed by atoms with Gasteiger partial charge in [-0.1, -0.05) is 0 Å². The lowest BCUT2D eigenvalue weighted by atomic mass is 10.3. The maximum Gasteiger partial charge on any atom is 0.501 e. The van der Waals surface area contributed by atoms with Crippen molar-refractivity contribution in [2.45, 2.75) is 43.6 Å². The number of alkyl halides is 3. The summed E-state index contributed by atoms with van der Waals surface area (Å²) in [6, 6.07) is 4.66.